The molecule has 0 amide bonds. The van der Waals surface area contributed by atoms with Crippen LogP contribution in [0.2, 0.25) is 0 Å². The van der Waals surface area contributed by atoms with Crippen molar-refractivity contribution in [3.05, 3.63) is 34.3 Å². The summed E-state index contributed by atoms with van der Waals surface area (Å²) in [6, 6.07) is 7.92. The van der Waals surface area contributed by atoms with Gasteiger partial charge in [0.25, 0.3) is 0 Å². The molecule has 0 N–H and O–H groups in total. The number of rotatable bonds is 2. The highest BCUT2D eigenvalue weighted by Crippen LogP contribution is 2.64. The van der Waals surface area contributed by atoms with Gasteiger partial charge in [-0.1, -0.05) is 41.9 Å². The zero-order chi connectivity index (χ0) is 12.0. The molecule has 1 fully saturated rings. The lowest BCUT2D eigenvalue weighted by Crippen LogP contribution is -2.27. The molecule has 1 atom stereocenters. The van der Waals surface area contributed by atoms with Crippen LogP contribution in [0.15, 0.2) is 28.7 Å². The van der Waals surface area contributed by atoms with Gasteiger partial charge in [-0.3, -0.25) is 4.79 Å². The Morgan fingerprint density at radius 3 is 2.19 bits per heavy atom. The predicted molar refractivity (Wildman–Crippen MR) is 66.2 cm³/mol. The van der Waals surface area contributed by atoms with Crippen LogP contribution in [0, 0.1) is 5.41 Å². The Bertz CT molecular complexity index is 422. The summed E-state index contributed by atoms with van der Waals surface area (Å²) in [4.78, 5) is 12.0. The Balaban J connectivity index is 2.43. The number of halogens is 1. The molecule has 0 radical (unpaired) electrons. The van der Waals surface area contributed by atoms with Crippen molar-refractivity contribution in [3.8, 4) is 0 Å². The largest absolute Gasteiger partial charge is 0.468 e. The van der Waals surface area contributed by atoms with E-state index in [2.05, 4.69) is 29.8 Å². The molecule has 0 aliphatic heterocycles. The molecule has 0 saturated heterocycles. The Morgan fingerprint density at radius 2 is 1.81 bits per heavy atom. The van der Waals surface area contributed by atoms with E-state index in [-0.39, 0.29) is 11.4 Å². The highest BCUT2D eigenvalue weighted by molar-refractivity contribution is 9.10. The first-order chi connectivity index (χ1) is 7.44. The number of hydrogen-bond acceptors (Lipinski definition) is 2. The lowest BCUT2D eigenvalue weighted by molar-refractivity contribution is -0.144. The van der Waals surface area contributed by atoms with E-state index in [4.69, 9.17) is 4.74 Å². The van der Waals surface area contributed by atoms with E-state index in [0.717, 1.165) is 16.5 Å². The molecular formula is C13H15BrO2. The van der Waals surface area contributed by atoms with E-state index < -0.39 is 5.41 Å². The van der Waals surface area contributed by atoms with Gasteiger partial charge in [0.05, 0.1) is 12.5 Å². The van der Waals surface area contributed by atoms with Crippen LogP contribution in [-0.4, -0.2) is 13.1 Å². The van der Waals surface area contributed by atoms with Gasteiger partial charge in [-0.25, -0.2) is 0 Å². The highest BCUT2D eigenvalue weighted by Gasteiger charge is 2.68. The molecule has 3 heteroatoms. The summed E-state index contributed by atoms with van der Waals surface area (Å²) < 4.78 is 5.97. The van der Waals surface area contributed by atoms with Crippen molar-refractivity contribution in [2.45, 2.75) is 25.7 Å². The minimum absolute atomic E-state index is 0.00603. The number of hydrogen-bond donors (Lipinski definition) is 0. The van der Waals surface area contributed by atoms with E-state index in [1.54, 1.807) is 0 Å². The maximum atomic E-state index is 12.0. The molecule has 0 heterocycles. The molecule has 1 aromatic carbocycles. The zero-order valence-electron chi connectivity index (χ0n) is 9.71. The minimum atomic E-state index is -0.442. The second-order valence-electron chi connectivity index (χ2n) is 4.96. The van der Waals surface area contributed by atoms with Crippen LogP contribution in [0.5, 0.6) is 0 Å². The van der Waals surface area contributed by atoms with Gasteiger partial charge >= 0.3 is 5.97 Å². The van der Waals surface area contributed by atoms with Crippen LogP contribution in [0.3, 0.4) is 0 Å². The number of benzene rings is 1. The summed E-state index contributed by atoms with van der Waals surface area (Å²) in [6.45, 7) is 4.21. The number of methoxy groups -OCH3 is 1. The summed E-state index contributed by atoms with van der Waals surface area (Å²) in [5, 5.41) is 0. The maximum Gasteiger partial charge on any atom is 0.316 e. The molecule has 2 rings (SSSR count). The topological polar surface area (TPSA) is 26.3 Å². The zero-order valence-corrected chi connectivity index (χ0v) is 11.3. The van der Waals surface area contributed by atoms with E-state index >= 15 is 0 Å². The van der Waals surface area contributed by atoms with Crippen LogP contribution in [0.25, 0.3) is 0 Å². The molecule has 1 aromatic rings. The normalized spacial score (nSPS) is 26.2. The minimum Gasteiger partial charge on any atom is -0.468 e. The fraction of sp³-hybridized carbons (Fsp3) is 0.462. The molecule has 1 saturated carbocycles. The highest BCUT2D eigenvalue weighted by atomic mass is 79.9. The number of carbonyl (C=O) groups excluding carboxylic acids is 1. The summed E-state index contributed by atoms with van der Waals surface area (Å²) in [5.74, 6) is -0.125. The second-order valence-corrected chi connectivity index (χ2v) is 5.88. The fourth-order valence-electron chi connectivity index (χ4n) is 2.49. The fourth-order valence-corrected chi connectivity index (χ4v) is 2.75. The van der Waals surface area contributed by atoms with E-state index in [0.29, 0.717) is 0 Å². The van der Waals surface area contributed by atoms with Crippen molar-refractivity contribution >= 4 is 21.9 Å². The predicted octanol–water partition coefficient (Wildman–Crippen LogP) is 3.29. The standard InChI is InChI=1S/C13H15BrO2/c1-12(2)8-13(12,11(15)16-3)9-4-6-10(14)7-5-9/h4-7H,8H2,1-3H3. The molecule has 0 aromatic heterocycles. The summed E-state index contributed by atoms with van der Waals surface area (Å²) >= 11 is 3.40. The first kappa shape index (κ1) is 11.6. The maximum absolute atomic E-state index is 12.0. The third kappa shape index (κ3) is 1.49. The van der Waals surface area contributed by atoms with Gasteiger partial charge in [0, 0.05) is 4.47 Å². The molecule has 2 nitrogen and oxygen atoms in total. The molecule has 1 unspecified atom stereocenters. The average Bonchev–Trinajstić information content (AvgIpc) is 2.83. The average molecular weight is 283 g/mol. The van der Waals surface area contributed by atoms with E-state index in [1.165, 1.54) is 7.11 Å². The van der Waals surface area contributed by atoms with Crippen molar-refractivity contribution in [3.63, 3.8) is 0 Å². The second kappa shape index (κ2) is 3.59. The van der Waals surface area contributed by atoms with Crippen LogP contribution in [0.1, 0.15) is 25.8 Å². The number of ether oxygens (including phenoxy) is 1. The van der Waals surface area contributed by atoms with Crippen LogP contribution >= 0.6 is 15.9 Å². The SMILES string of the molecule is COC(=O)C1(c2ccc(Br)cc2)CC1(C)C. The molecule has 16 heavy (non-hydrogen) atoms. The van der Waals surface area contributed by atoms with Crippen LogP contribution in [0.4, 0.5) is 0 Å². The van der Waals surface area contributed by atoms with Gasteiger partial charge in [0.2, 0.25) is 0 Å². The summed E-state index contributed by atoms with van der Waals surface area (Å²) in [5.41, 5.74) is 0.601. The first-order valence-corrected chi connectivity index (χ1v) is 6.08. The smallest absolute Gasteiger partial charge is 0.316 e. The Labute approximate surface area is 104 Å². The number of esters is 1. The van der Waals surface area contributed by atoms with Crippen LogP contribution < -0.4 is 0 Å². The Kier molecular flexibility index (Phi) is 2.61. The van der Waals surface area contributed by atoms with Crippen LogP contribution in [-0.2, 0) is 14.9 Å². The lowest BCUT2D eigenvalue weighted by atomic mass is 9.88. The van der Waals surface area contributed by atoms with Gasteiger partial charge in [-0.15, -0.1) is 0 Å². The Hall–Kier alpha value is -0.830. The summed E-state index contributed by atoms with van der Waals surface area (Å²) in [7, 11) is 1.46. The van der Waals surface area contributed by atoms with E-state index in [1.807, 2.05) is 24.3 Å². The molecule has 0 bridgehead atoms. The number of carbonyl (C=O) groups is 1. The van der Waals surface area contributed by atoms with Gasteiger partial charge in [0.15, 0.2) is 0 Å². The van der Waals surface area contributed by atoms with Crippen molar-refractivity contribution < 1.29 is 9.53 Å². The monoisotopic (exact) mass is 282 g/mol. The lowest BCUT2D eigenvalue weighted by Gasteiger charge is -2.18. The third-order valence-corrected chi connectivity index (χ3v) is 4.14. The van der Waals surface area contributed by atoms with Gasteiger partial charge in [-0.05, 0) is 29.5 Å². The quantitative estimate of drug-likeness (QED) is 0.778. The summed E-state index contributed by atoms with van der Waals surface area (Å²) in [6.07, 6.45) is 0.855. The van der Waals surface area contributed by atoms with Crippen molar-refractivity contribution in [2.75, 3.05) is 7.11 Å². The van der Waals surface area contributed by atoms with Gasteiger partial charge in [-0.2, -0.15) is 0 Å². The molecule has 0 spiro atoms. The Morgan fingerprint density at radius 1 is 1.31 bits per heavy atom. The van der Waals surface area contributed by atoms with Gasteiger partial charge < -0.3 is 4.74 Å². The first-order valence-electron chi connectivity index (χ1n) is 5.28. The van der Waals surface area contributed by atoms with Crippen molar-refractivity contribution in [1.29, 1.82) is 0 Å². The van der Waals surface area contributed by atoms with Crippen molar-refractivity contribution in [1.82, 2.24) is 0 Å². The van der Waals surface area contributed by atoms with Crippen molar-refractivity contribution in [2.24, 2.45) is 5.41 Å². The molecule has 1 aliphatic rings. The molecular weight excluding hydrogens is 268 g/mol. The molecule has 1 aliphatic carbocycles. The third-order valence-electron chi connectivity index (χ3n) is 3.61. The van der Waals surface area contributed by atoms with Gasteiger partial charge in [0.1, 0.15) is 0 Å². The van der Waals surface area contributed by atoms with E-state index in [9.17, 15) is 4.79 Å². The molecule has 86 valence electrons.